The van der Waals surface area contributed by atoms with Crippen molar-refractivity contribution in [1.82, 2.24) is 9.80 Å². The molecule has 3 nitrogen and oxygen atoms in total. The van der Waals surface area contributed by atoms with Crippen molar-refractivity contribution in [2.45, 2.75) is 43.8 Å². The van der Waals surface area contributed by atoms with Crippen molar-refractivity contribution in [1.29, 1.82) is 0 Å². The van der Waals surface area contributed by atoms with Crippen LogP contribution in [0.15, 0.2) is 24.3 Å². The van der Waals surface area contributed by atoms with Gasteiger partial charge in [0.25, 0.3) is 0 Å². The van der Waals surface area contributed by atoms with Crippen molar-refractivity contribution >= 4 is 0 Å². The van der Waals surface area contributed by atoms with Crippen LogP contribution in [-0.4, -0.2) is 48.1 Å². The van der Waals surface area contributed by atoms with Gasteiger partial charge in [-0.15, -0.1) is 0 Å². The van der Waals surface area contributed by atoms with Gasteiger partial charge in [0, 0.05) is 31.2 Å². The maximum atomic E-state index is 13.0. The van der Waals surface area contributed by atoms with Crippen LogP contribution in [0.5, 0.6) is 0 Å². The monoisotopic (exact) mass is 291 g/mol. The maximum Gasteiger partial charge on any atom is 0.123 e. The Labute approximate surface area is 126 Å². The highest BCUT2D eigenvalue weighted by molar-refractivity contribution is 5.16. The number of nitrogens with zero attached hydrogens (tertiary/aromatic N) is 2. The Balaban J connectivity index is 1.71. The standard InChI is InChI=1S/C17H26FN3/c1-20(12-14-4-6-15(18)7-5-14)17(13-19)8-10-21-9-2-3-16(21)11-17/h4-7,16H,2-3,8-13,19H2,1H3. The SMILES string of the molecule is CN(Cc1ccc(F)cc1)C1(CN)CCN2CCCC2C1. The molecule has 2 atom stereocenters. The Hall–Kier alpha value is -0.970. The summed E-state index contributed by atoms with van der Waals surface area (Å²) in [7, 11) is 2.17. The zero-order chi connectivity index (χ0) is 14.9. The van der Waals surface area contributed by atoms with Gasteiger partial charge in [-0.05, 0) is 57.0 Å². The molecule has 0 amide bonds. The van der Waals surface area contributed by atoms with E-state index in [-0.39, 0.29) is 11.4 Å². The summed E-state index contributed by atoms with van der Waals surface area (Å²) in [6, 6.07) is 7.54. The lowest BCUT2D eigenvalue weighted by molar-refractivity contribution is 0.0220. The smallest absolute Gasteiger partial charge is 0.123 e. The third-order valence-corrected chi connectivity index (χ3v) is 5.50. The van der Waals surface area contributed by atoms with E-state index in [0.29, 0.717) is 12.6 Å². The molecule has 0 aromatic heterocycles. The maximum absolute atomic E-state index is 13.0. The molecule has 2 N–H and O–H groups in total. The highest BCUT2D eigenvalue weighted by atomic mass is 19.1. The number of benzene rings is 1. The Bertz CT molecular complexity index is 475. The van der Waals surface area contributed by atoms with Gasteiger partial charge in [0.2, 0.25) is 0 Å². The third-order valence-electron chi connectivity index (χ3n) is 5.50. The van der Waals surface area contributed by atoms with Crippen LogP contribution in [0.3, 0.4) is 0 Å². The van der Waals surface area contributed by atoms with Gasteiger partial charge in [-0.1, -0.05) is 12.1 Å². The van der Waals surface area contributed by atoms with Gasteiger partial charge in [0.05, 0.1) is 0 Å². The van der Waals surface area contributed by atoms with Crippen LogP contribution in [0.25, 0.3) is 0 Å². The zero-order valence-electron chi connectivity index (χ0n) is 12.9. The van der Waals surface area contributed by atoms with E-state index in [9.17, 15) is 4.39 Å². The summed E-state index contributed by atoms with van der Waals surface area (Å²) in [5.74, 6) is -0.172. The minimum Gasteiger partial charge on any atom is -0.329 e. The first-order valence-corrected chi connectivity index (χ1v) is 8.03. The second-order valence-electron chi connectivity index (χ2n) is 6.70. The molecule has 2 aliphatic heterocycles. The molecule has 2 saturated heterocycles. The molecular formula is C17H26FN3. The fraction of sp³-hybridized carbons (Fsp3) is 0.647. The summed E-state index contributed by atoms with van der Waals surface area (Å²) in [6.07, 6.45) is 4.94. The lowest BCUT2D eigenvalue weighted by Gasteiger charge is -2.49. The lowest BCUT2D eigenvalue weighted by Crippen LogP contribution is -2.59. The minimum absolute atomic E-state index is 0.0971. The molecule has 0 radical (unpaired) electrons. The van der Waals surface area contributed by atoms with E-state index in [2.05, 4.69) is 16.8 Å². The molecule has 1 aromatic carbocycles. The summed E-state index contributed by atoms with van der Waals surface area (Å²) >= 11 is 0. The number of halogens is 1. The predicted octanol–water partition coefficient (Wildman–Crippen LogP) is 2.21. The molecule has 0 aliphatic carbocycles. The average molecular weight is 291 g/mol. The van der Waals surface area contributed by atoms with Crippen LogP contribution in [0.2, 0.25) is 0 Å². The van der Waals surface area contributed by atoms with E-state index < -0.39 is 0 Å². The molecule has 21 heavy (non-hydrogen) atoms. The minimum atomic E-state index is -0.172. The fourth-order valence-corrected chi connectivity index (χ4v) is 4.03. The van der Waals surface area contributed by atoms with Gasteiger partial charge in [-0.3, -0.25) is 4.90 Å². The number of hydrogen-bond donors (Lipinski definition) is 1. The first-order chi connectivity index (χ1) is 10.1. The van der Waals surface area contributed by atoms with Crippen molar-refractivity contribution in [3.8, 4) is 0 Å². The van der Waals surface area contributed by atoms with E-state index in [0.717, 1.165) is 25.1 Å². The normalized spacial score (nSPS) is 29.8. The molecular weight excluding hydrogens is 265 g/mol. The molecule has 2 aliphatic rings. The molecule has 2 fully saturated rings. The van der Waals surface area contributed by atoms with Crippen LogP contribution >= 0.6 is 0 Å². The second-order valence-corrected chi connectivity index (χ2v) is 6.70. The molecule has 0 bridgehead atoms. The van der Waals surface area contributed by atoms with Gasteiger partial charge in [0.1, 0.15) is 5.82 Å². The molecule has 1 aromatic rings. The highest BCUT2D eigenvalue weighted by Crippen LogP contribution is 2.36. The Morgan fingerprint density at radius 2 is 2.10 bits per heavy atom. The summed E-state index contributed by atoms with van der Waals surface area (Å²) in [4.78, 5) is 5.02. The van der Waals surface area contributed by atoms with Crippen LogP contribution in [0.1, 0.15) is 31.2 Å². The van der Waals surface area contributed by atoms with Crippen LogP contribution in [0, 0.1) is 5.82 Å². The number of rotatable bonds is 4. The molecule has 2 unspecified atom stereocenters. The fourth-order valence-electron chi connectivity index (χ4n) is 4.03. The Morgan fingerprint density at radius 1 is 1.33 bits per heavy atom. The van der Waals surface area contributed by atoms with E-state index >= 15 is 0 Å². The lowest BCUT2D eigenvalue weighted by atomic mass is 9.81. The quantitative estimate of drug-likeness (QED) is 0.923. The van der Waals surface area contributed by atoms with Crippen molar-refractivity contribution in [2.24, 2.45) is 5.73 Å². The first-order valence-electron chi connectivity index (χ1n) is 8.03. The van der Waals surface area contributed by atoms with Gasteiger partial charge in [0.15, 0.2) is 0 Å². The summed E-state index contributed by atoms with van der Waals surface area (Å²) in [6.45, 7) is 3.96. The van der Waals surface area contributed by atoms with E-state index in [1.807, 2.05) is 12.1 Å². The second kappa shape index (κ2) is 6.03. The summed E-state index contributed by atoms with van der Waals surface area (Å²) in [5, 5.41) is 0. The Morgan fingerprint density at radius 3 is 2.81 bits per heavy atom. The van der Waals surface area contributed by atoms with Crippen molar-refractivity contribution in [3.63, 3.8) is 0 Å². The number of hydrogen-bond acceptors (Lipinski definition) is 3. The van der Waals surface area contributed by atoms with E-state index in [1.165, 1.54) is 37.9 Å². The van der Waals surface area contributed by atoms with Crippen molar-refractivity contribution < 1.29 is 4.39 Å². The van der Waals surface area contributed by atoms with Gasteiger partial charge in [-0.2, -0.15) is 0 Å². The first kappa shape index (κ1) is 14.9. The molecule has 116 valence electrons. The number of fused-ring (bicyclic) bond motifs is 1. The van der Waals surface area contributed by atoms with Crippen LogP contribution in [0.4, 0.5) is 4.39 Å². The Kier molecular flexibility index (Phi) is 4.29. The van der Waals surface area contributed by atoms with Gasteiger partial charge in [-0.25, -0.2) is 4.39 Å². The molecule has 3 rings (SSSR count). The zero-order valence-corrected chi connectivity index (χ0v) is 12.9. The number of nitrogens with two attached hydrogens (primary N) is 1. The van der Waals surface area contributed by atoms with Crippen LogP contribution in [-0.2, 0) is 6.54 Å². The molecule has 0 spiro atoms. The summed E-state index contributed by atoms with van der Waals surface area (Å²) < 4.78 is 13.0. The largest absolute Gasteiger partial charge is 0.329 e. The number of likely N-dealkylation sites (N-methyl/N-ethyl adjacent to an activating group) is 1. The van der Waals surface area contributed by atoms with Crippen molar-refractivity contribution in [2.75, 3.05) is 26.7 Å². The highest BCUT2D eigenvalue weighted by Gasteiger charge is 2.42. The predicted molar refractivity (Wildman–Crippen MR) is 83.5 cm³/mol. The van der Waals surface area contributed by atoms with Crippen molar-refractivity contribution in [3.05, 3.63) is 35.6 Å². The molecule has 4 heteroatoms. The molecule has 0 saturated carbocycles. The third kappa shape index (κ3) is 2.98. The number of piperidine rings is 1. The summed E-state index contributed by atoms with van der Waals surface area (Å²) in [5.41, 5.74) is 7.43. The van der Waals surface area contributed by atoms with E-state index in [1.54, 1.807) is 0 Å². The topological polar surface area (TPSA) is 32.5 Å². The van der Waals surface area contributed by atoms with Gasteiger partial charge < -0.3 is 10.6 Å². The molecule has 2 heterocycles. The van der Waals surface area contributed by atoms with Crippen LogP contribution < -0.4 is 5.73 Å². The van der Waals surface area contributed by atoms with E-state index in [4.69, 9.17) is 5.73 Å². The van der Waals surface area contributed by atoms with Gasteiger partial charge >= 0.3 is 0 Å². The average Bonchev–Trinajstić information content (AvgIpc) is 2.96.